The quantitative estimate of drug-likeness (QED) is 0.147. The van der Waals surface area contributed by atoms with Crippen molar-refractivity contribution in [2.75, 3.05) is 11.9 Å². The maximum atomic E-state index is 11.0. The van der Waals surface area contributed by atoms with E-state index >= 15 is 0 Å². The second kappa shape index (κ2) is 15.9. The summed E-state index contributed by atoms with van der Waals surface area (Å²) in [7, 11) is -1.30. The normalized spacial score (nSPS) is 14.1. The van der Waals surface area contributed by atoms with Crippen molar-refractivity contribution >= 4 is 20.0 Å². The van der Waals surface area contributed by atoms with Crippen molar-refractivity contribution in [2.45, 2.75) is 64.8 Å². The van der Waals surface area contributed by atoms with Crippen molar-refractivity contribution in [3.8, 4) is 45.2 Å². The summed E-state index contributed by atoms with van der Waals surface area (Å²) in [6, 6.07) is 35.6. The molecule has 0 bridgehead atoms. The second-order valence-corrected chi connectivity index (χ2v) is 17.6. The molecule has 47 heavy (non-hydrogen) atoms. The van der Waals surface area contributed by atoms with Crippen LogP contribution in [0.2, 0.25) is 19.6 Å². The number of rotatable bonds is 10. The van der Waals surface area contributed by atoms with Gasteiger partial charge < -0.3 is 19.3 Å². The number of oxazole rings is 1. The molecule has 0 radical (unpaired) electrons. The predicted octanol–water partition coefficient (Wildman–Crippen LogP) is 10.6. The van der Waals surface area contributed by atoms with Gasteiger partial charge in [-0.25, -0.2) is 4.98 Å². The van der Waals surface area contributed by atoms with E-state index in [2.05, 4.69) is 31.9 Å². The lowest BCUT2D eigenvalue weighted by molar-refractivity contribution is -0.134. The Bertz CT molecular complexity index is 1670. The van der Waals surface area contributed by atoms with Crippen molar-refractivity contribution in [3.05, 3.63) is 109 Å². The highest BCUT2D eigenvalue weighted by molar-refractivity contribution is 6.69. The van der Waals surface area contributed by atoms with Crippen LogP contribution in [0, 0.1) is 5.92 Å². The van der Waals surface area contributed by atoms with Gasteiger partial charge in [0.1, 0.15) is 12.2 Å². The van der Waals surface area contributed by atoms with E-state index in [4.69, 9.17) is 18.9 Å². The van der Waals surface area contributed by atoms with Gasteiger partial charge in [-0.15, -0.1) is 0 Å². The average molecular weight is 647 g/mol. The molecule has 6 nitrogen and oxygen atoms in total. The Kier molecular flexibility index (Phi) is 11.5. The average Bonchev–Trinajstić information content (AvgIpc) is 3.54. The maximum Gasteiger partial charge on any atom is 0.322 e. The molecular formula is C40H46N2O4Si. The molecule has 4 aromatic carbocycles. The molecule has 7 heteroatoms. The standard InChI is InChI=1S/C29H22N2O3.C11H24OSi/c32-26(33)19-30-23-15-9-14-22(18-23)24-16-7-8-17-25(24)29-31-27(20-10-3-1-4-11-20)28(34-29)21-12-5-2-6-13-21;1-10(12-13(2,3)4)11-8-6-5-7-9-11/h1-18,30H,19H2,(H,32,33);10-11H,5-9H2,1-4H3. The number of aromatic nitrogens is 1. The van der Waals surface area contributed by atoms with Crippen molar-refractivity contribution < 1.29 is 18.7 Å². The van der Waals surface area contributed by atoms with Gasteiger partial charge in [-0.05, 0) is 74.7 Å². The van der Waals surface area contributed by atoms with Crippen LogP contribution in [-0.4, -0.2) is 37.0 Å². The molecule has 1 aromatic heterocycles. The van der Waals surface area contributed by atoms with Gasteiger partial charge in [0.15, 0.2) is 14.1 Å². The molecule has 2 N–H and O–H groups in total. The van der Waals surface area contributed by atoms with Crippen LogP contribution in [0.1, 0.15) is 39.0 Å². The molecule has 244 valence electrons. The summed E-state index contributed by atoms with van der Waals surface area (Å²) in [4.78, 5) is 15.9. The fourth-order valence-corrected chi connectivity index (χ4v) is 7.47. The molecule has 0 amide bonds. The van der Waals surface area contributed by atoms with Crippen LogP contribution in [0.15, 0.2) is 114 Å². The van der Waals surface area contributed by atoms with Gasteiger partial charge in [-0.3, -0.25) is 4.79 Å². The van der Waals surface area contributed by atoms with Gasteiger partial charge in [0.25, 0.3) is 0 Å². The lowest BCUT2D eigenvalue weighted by Gasteiger charge is -2.32. The summed E-state index contributed by atoms with van der Waals surface area (Å²) < 4.78 is 12.5. The number of hydrogen-bond donors (Lipinski definition) is 2. The number of aliphatic carboxylic acids is 1. The zero-order valence-corrected chi connectivity index (χ0v) is 28.9. The van der Waals surface area contributed by atoms with Gasteiger partial charge in [-0.2, -0.15) is 0 Å². The van der Waals surface area contributed by atoms with Gasteiger partial charge in [-0.1, -0.05) is 110 Å². The monoisotopic (exact) mass is 646 g/mol. The highest BCUT2D eigenvalue weighted by atomic mass is 28.4. The first-order chi connectivity index (χ1) is 22.7. The Morgan fingerprint density at radius 3 is 2.06 bits per heavy atom. The topological polar surface area (TPSA) is 84.6 Å². The van der Waals surface area contributed by atoms with Crippen molar-refractivity contribution in [2.24, 2.45) is 5.92 Å². The van der Waals surface area contributed by atoms with Crippen LogP contribution in [0.25, 0.3) is 45.2 Å². The Hall–Kier alpha value is -4.46. The molecule has 1 unspecified atom stereocenters. The lowest BCUT2D eigenvalue weighted by Crippen LogP contribution is -2.35. The molecule has 0 spiro atoms. The van der Waals surface area contributed by atoms with Gasteiger partial charge in [0.05, 0.1) is 0 Å². The summed E-state index contributed by atoms with van der Waals surface area (Å²) in [5.41, 5.74) is 6.20. The smallest absolute Gasteiger partial charge is 0.322 e. The third-order valence-corrected chi connectivity index (χ3v) is 9.42. The fraction of sp³-hybridized carbons (Fsp3) is 0.300. The Balaban J connectivity index is 0.000000281. The molecule has 5 aromatic rings. The van der Waals surface area contributed by atoms with E-state index in [0.717, 1.165) is 45.1 Å². The lowest BCUT2D eigenvalue weighted by atomic mass is 9.86. The number of carboxylic acid groups (broad SMARTS) is 1. The molecule has 1 heterocycles. The fourth-order valence-electron chi connectivity index (χ4n) is 6.17. The molecule has 1 saturated carbocycles. The van der Waals surface area contributed by atoms with Crippen LogP contribution in [0.4, 0.5) is 5.69 Å². The Labute approximate surface area is 280 Å². The van der Waals surface area contributed by atoms with Crippen molar-refractivity contribution in [1.82, 2.24) is 4.98 Å². The molecule has 0 saturated heterocycles. The molecular weight excluding hydrogens is 601 g/mol. The van der Waals surface area contributed by atoms with E-state index in [9.17, 15) is 4.79 Å². The van der Waals surface area contributed by atoms with E-state index in [1.807, 2.05) is 109 Å². The van der Waals surface area contributed by atoms with Crippen LogP contribution in [-0.2, 0) is 9.22 Å². The Morgan fingerprint density at radius 2 is 1.43 bits per heavy atom. The van der Waals surface area contributed by atoms with E-state index in [1.54, 1.807) is 0 Å². The van der Waals surface area contributed by atoms with E-state index in [1.165, 1.54) is 32.1 Å². The first-order valence-corrected chi connectivity index (χ1v) is 20.0. The summed E-state index contributed by atoms with van der Waals surface area (Å²) in [6.45, 7) is 8.98. The number of nitrogens with one attached hydrogen (secondary N) is 1. The van der Waals surface area contributed by atoms with Crippen molar-refractivity contribution in [3.63, 3.8) is 0 Å². The van der Waals surface area contributed by atoms with E-state index in [0.29, 0.717) is 17.8 Å². The van der Waals surface area contributed by atoms with Crippen LogP contribution >= 0.6 is 0 Å². The second-order valence-electron chi connectivity index (χ2n) is 13.1. The number of hydrogen-bond acceptors (Lipinski definition) is 5. The number of carbonyl (C=O) groups is 1. The van der Waals surface area contributed by atoms with Gasteiger partial charge >= 0.3 is 5.97 Å². The molecule has 6 rings (SSSR count). The predicted molar refractivity (Wildman–Crippen MR) is 195 cm³/mol. The zero-order chi connectivity index (χ0) is 33.2. The summed E-state index contributed by atoms with van der Waals surface area (Å²) in [5.74, 6) is 1.18. The first kappa shape index (κ1) is 33.9. The summed E-state index contributed by atoms with van der Waals surface area (Å²) in [6.07, 6.45) is 7.58. The van der Waals surface area contributed by atoms with E-state index < -0.39 is 14.3 Å². The zero-order valence-electron chi connectivity index (χ0n) is 27.9. The van der Waals surface area contributed by atoms with Gasteiger partial charge in [0.2, 0.25) is 5.89 Å². The first-order valence-electron chi connectivity index (χ1n) is 16.6. The minimum atomic E-state index is -1.30. The molecule has 1 aliphatic rings. The third kappa shape index (κ3) is 9.53. The molecule has 1 atom stereocenters. The number of nitrogens with zero attached hydrogens (tertiary/aromatic N) is 1. The molecule has 0 aliphatic heterocycles. The maximum absolute atomic E-state index is 11.0. The largest absolute Gasteiger partial charge is 0.480 e. The van der Waals surface area contributed by atoms with Crippen LogP contribution < -0.4 is 5.32 Å². The minimum Gasteiger partial charge on any atom is -0.480 e. The van der Waals surface area contributed by atoms with Gasteiger partial charge in [0, 0.05) is 28.5 Å². The Morgan fingerprint density at radius 1 is 0.830 bits per heavy atom. The van der Waals surface area contributed by atoms with Crippen LogP contribution in [0.5, 0.6) is 0 Å². The number of carboxylic acids is 1. The highest BCUT2D eigenvalue weighted by Gasteiger charge is 2.25. The molecule has 1 aliphatic carbocycles. The third-order valence-electron chi connectivity index (χ3n) is 8.34. The highest BCUT2D eigenvalue weighted by Crippen LogP contribution is 2.39. The summed E-state index contributed by atoms with van der Waals surface area (Å²) >= 11 is 0. The van der Waals surface area contributed by atoms with E-state index in [-0.39, 0.29) is 6.54 Å². The van der Waals surface area contributed by atoms with Crippen molar-refractivity contribution in [1.29, 1.82) is 0 Å². The number of benzene rings is 4. The SMILES string of the molecule is CC(O[Si](C)(C)C)C1CCCCC1.O=C(O)CNc1cccc(-c2ccccc2-c2nc(-c3ccccc3)c(-c3ccccc3)o2)c1. The number of anilines is 1. The molecule has 1 fully saturated rings. The summed E-state index contributed by atoms with van der Waals surface area (Å²) in [5, 5.41) is 11.9. The minimum absolute atomic E-state index is 0.147. The van der Waals surface area contributed by atoms with Crippen LogP contribution in [0.3, 0.4) is 0 Å².